The highest BCUT2D eigenvalue weighted by Gasteiger charge is 2.42. The molecule has 5 rings (SSSR count). The van der Waals surface area contributed by atoms with Gasteiger partial charge in [-0.05, 0) is 56.6 Å². The van der Waals surface area contributed by atoms with Crippen molar-refractivity contribution in [1.82, 2.24) is 18.8 Å². The molecule has 38 heavy (non-hydrogen) atoms. The lowest BCUT2D eigenvalue weighted by molar-refractivity contribution is 0.0718. The van der Waals surface area contributed by atoms with Gasteiger partial charge in [-0.15, -0.1) is 0 Å². The minimum atomic E-state index is -3.17. The summed E-state index contributed by atoms with van der Waals surface area (Å²) in [6, 6.07) is 3.85. The van der Waals surface area contributed by atoms with Gasteiger partial charge in [0, 0.05) is 58.1 Å². The Balaban J connectivity index is 1.37. The zero-order chi connectivity index (χ0) is 27.2. The molecule has 2 aliphatic carbocycles. The predicted molar refractivity (Wildman–Crippen MR) is 154 cm³/mol. The average molecular weight is 562 g/mol. The lowest BCUT2D eigenvalue weighted by atomic mass is 9.84. The van der Waals surface area contributed by atoms with Gasteiger partial charge in [0.1, 0.15) is 12.4 Å². The van der Waals surface area contributed by atoms with Crippen LogP contribution in [0.2, 0.25) is 25.7 Å². The molecule has 2 aromatic rings. The summed E-state index contributed by atoms with van der Waals surface area (Å²) in [7, 11) is -2.65. The van der Waals surface area contributed by atoms with Crippen molar-refractivity contribution in [2.45, 2.75) is 83.0 Å². The van der Waals surface area contributed by atoms with Crippen molar-refractivity contribution in [3.63, 3.8) is 0 Å². The number of hydrogen-bond donors (Lipinski definition) is 0. The number of carbonyl (C=O) groups is 1. The first kappa shape index (κ1) is 27.6. The third-order valence-electron chi connectivity index (χ3n) is 8.40. The Morgan fingerprint density at radius 2 is 1.74 bits per heavy atom. The average Bonchev–Trinajstić information content (AvgIpc) is 3.61. The van der Waals surface area contributed by atoms with Gasteiger partial charge in [0.2, 0.25) is 10.0 Å². The number of amides is 1. The van der Waals surface area contributed by atoms with E-state index in [0.29, 0.717) is 43.5 Å². The Labute approximate surface area is 228 Å². The van der Waals surface area contributed by atoms with E-state index >= 15 is 0 Å². The molecule has 2 aromatic heterocycles. The molecule has 11 heteroatoms. The highest BCUT2D eigenvalue weighted by molar-refractivity contribution is 7.88. The molecule has 0 bridgehead atoms. The van der Waals surface area contributed by atoms with Crippen LogP contribution < -0.4 is 4.90 Å². The Hall–Kier alpha value is -1.95. The van der Waals surface area contributed by atoms with E-state index in [9.17, 15) is 13.2 Å². The fourth-order valence-corrected chi connectivity index (χ4v) is 7.03. The smallest absolute Gasteiger partial charge is 0.259 e. The van der Waals surface area contributed by atoms with E-state index in [2.05, 4.69) is 30.6 Å². The van der Waals surface area contributed by atoms with Gasteiger partial charge < -0.3 is 19.1 Å². The molecule has 0 radical (unpaired) electrons. The van der Waals surface area contributed by atoms with E-state index in [1.54, 1.807) is 13.2 Å². The second-order valence-corrected chi connectivity index (χ2v) is 20.4. The minimum Gasteiger partial charge on any atom is -0.361 e. The lowest BCUT2D eigenvalue weighted by Crippen LogP contribution is -2.52. The van der Waals surface area contributed by atoms with Crippen LogP contribution in [0, 0.1) is 5.92 Å². The fraction of sp³-hybridized carbons (Fsp3) is 0.704. The SMILES string of the molecule is CN(CC1CCC(N2CN(C3CC3)C(=O)c3cnc4c(ccn4COCC[Si](C)(C)C)c32)CC1)S(C)(=O)=O. The third-order valence-corrected chi connectivity index (χ3v) is 11.4. The van der Waals surface area contributed by atoms with Crippen molar-refractivity contribution in [2.75, 3.05) is 38.0 Å². The quantitative estimate of drug-likeness (QED) is 0.319. The van der Waals surface area contributed by atoms with Gasteiger partial charge in [-0.3, -0.25) is 4.79 Å². The molecular weight excluding hydrogens is 518 g/mol. The zero-order valence-electron chi connectivity index (χ0n) is 23.5. The molecule has 0 saturated heterocycles. The molecule has 3 aliphatic rings. The molecule has 9 nitrogen and oxygen atoms in total. The molecule has 1 amide bonds. The maximum absolute atomic E-state index is 13.5. The maximum atomic E-state index is 13.5. The van der Waals surface area contributed by atoms with Gasteiger partial charge in [0.05, 0.1) is 24.2 Å². The molecule has 3 heterocycles. The van der Waals surface area contributed by atoms with Gasteiger partial charge in [-0.1, -0.05) is 19.6 Å². The van der Waals surface area contributed by atoms with Crippen LogP contribution in [0.3, 0.4) is 0 Å². The highest BCUT2D eigenvalue weighted by Crippen LogP contribution is 2.42. The number of anilines is 1. The Morgan fingerprint density at radius 1 is 1.08 bits per heavy atom. The van der Waals surface area contributed by atoms with Crippen LogP contribution in [0.15, 0.2) is 18.5 Å². The lowest BCUT2D eigenvalue weighted by Gasteiger charge is -2.45. The Morgan fingerprint density at radius 3 is 2.37 bits per heavy atom. The summed E-state index contributed by atoms with van der Waals surface area (Å²) >= 11 is 0. The summed E-state index contributed by atoms with van der Waals surface area (Å²) in [5, 5.41) is 1.01. The summed E-state index contributed by atoms with van der Waals surface area (Å²) < 4.78 is 33.4. The molecule has 0 spiro atoms. The van der Waals surface area contributed by atoms with E-state index in [-0.39, 0.29) is 5.91 Å². The molecule has 1 aliphatic heterocycles. The van der Waals surface area contributed by atoms with E-state index in [4.69, 9.17) is 9.72 Å². The fourth-order valence-electron chi connectivity index (χ4n) is 5.79. The molecule has 0 aromatic carbocycles. The van der Waals surface area contributed by atoms with Gasteiger partial charge >= 0.3 is 0 Å². The largest absolute Gasteiger partial charge is 0.361 e. The predicted octanol–water partition coefficient (Wildman–Crippen LogP) is 4.18. The summed E-state index contributed by atoms with van der Waals surface area (Å²) in [5.74, 6) is 0.457. The van der Waals surface area contributed by atoms with Gasteiger partial charge in [0.15, 0.2) is 0 Å². The molecule has 0 unspecified atom stereocenters. The highest BCUT2D eigenvalue weighted by atomic mass is 32.2. The van der Waals surface area contributed by atoms with Crippen molar-refractivity contribution in [1.29, 1.82) is 0 Å². The molecule has 2 fully saturated rings. The van der Waals surface area contributed by atoms with Crippen molar-refractivity contribution >= 4 is 40.7 Å². The first-order chi connectivity index (χ1) is 17.9. The minimum absolute atomic E-state index is 0.0933. The van der Waals surface area contributed by atoms with E-state index in [1.165, 1.54) is 10.6 Å². The number of nitrogens with zero attached hydrogens (tertiary/aromatic N) is 5. The zero-order valence-corrected chi connectivity index (χ0v) is 25.3. The van der Waals surface area contributed by atoms with Crippen molar-refractivity contribution in [3.8, 4) is 0 Å². The standard InChI is InChI=1S/C27H43N5O4SSi/c1-29(37(2,34)35)17-20-6-8-21(9-7-20)31-18-32(22-10-11-22)27(33)24-16-28-26-23(25(24)31)12-13-30(26)19-36-14-15-38(3,4)5/h12-13,16,20-22H,6-11,14-15,17-19H2,1-5H3. The van der Waals surface area contributed by atoms with Crippen LogP contribution in [0.5, 0.6) is 0 Å². The van der Waals surface area contributed by atoms with E-state index in [0.717, 1.165) is 67.9 Å². The number of sulfonamides is 1. The van der Waals surface area contributed by atoms with Gasteiger partial charge in [-0.25, -0.2) is 17.7 Å². The molecule has 210 valence electrons. The van der Waals surface area contributed by atoms with Crippen LogP contribution in [0.25, 0.3) is 11.0 Å². The monoisotopic (exact) mass is 561 g/mol. The Bertz CT molecular complexity index is 1280. The number of ether oxygens (including phenoxy) is 1. The maximum Gasteiger partial charge on any atom is 0.259 e. The number of hydrogen-bond acceptors (Lipinski definition) is 6. The molecular formula is C27H43N5O4SSi. The Kier molecular flexibility index (Phi) is 7.67. The molecule has 2 saturated carbocycles. The summed E-state index contributed by atoms with van der Waals surface area (Å²) in [4.78, 5) is 22.8. The van der Waals surface area contributed by atoms with Crippen molar-refractivity contribution in [2.24, 2.45) is 5.92 Å². The van der Waals surface area contributed by atoms with E-state index < -0.39 is 18.1 Å². The number of pyridine rings is 1. The number of aromatic nitrogens is 2. The van der Waals surface area contributed by atoms with Crippen LogP contribution >= 0.6 is 0 Å². The van der Waals surface area contributed by atoms with Crippen LogP contribution in [0.1, 0.15) is 48.9 Å². The van der Waals surface area contributed by atoms with Crippen LogP contribution in [-0.4, -0.2) is 86.4 Å². The van der Waals surface area contributed by atoms with Crippen LogP contribution in [0.4, 0.5) is 5.69 Å². The first-order valence-corrected chi connectivity index (χ1v) is 19.5. The first-order valence-electron chi connectivity index (χ1n) is 14.0. The van der Waals surface area contributed by atoms with Crippen molar-refractivity contribution in [3.05, 3.63) is 24.0 Å². The van der Waals surface area contributed by atoms with Crippen molar-refractivity contribution < 1.29 is 17.9 Å². The van der Waals surface area contributed by atoms with Gasteiger partial charge in [-0.2, -0.15) is 0 Å². The second kappa shape index (κ2) is 10.6. The normalized spacial score (nSPS) is 22.9. The number of fused-ring (bicyclic) bond motifs is 3. The van der Waals surface area contributed by atoms with Crippen LogP contribution in [-0.2, 0) is 21.5 Å². The topological polar surface area (TPSA) is 88.0 Å². The number of carbonyl (C=O) groups excluding carboxylic acids is 1. The van der Waals surface area contributed by atoms with E-state index in [1.807, 2.05) is 15.7 Å². The summed E-state index contributed by atoms with van der Waals surface area (Å²) in [6.07, 6.45) is 11.1. The number of rotatable bonds is 10. The third kappa shape index (κ3) is 5.95. The summed E-state index contributed by atoms with van der Waals surface area (Å²) in [5.41, 5.74) is 2.57. The molecule has 0 atom stereocenters. The molecule has 0 N–H and O–H groups in total. The van der Waals surface area contributed by atoms with Gasteiger partial charge in [0.25, 0.3) is 5.91 Å². The second-order valence-electron chi connectivity index (χ2n) is 12.7. The summed E-state index contributed by atoms with van der Waals surface area (Å²) in [6.45, 7) is 9.45.